The third-order valence-corrected chi connectivity index (χ3v) is 3.62. The molecule has 2 heterocycles. The molecule has 1 fully saturated rings. The molecule has 2 aliphatic heterocycles. The molecular formula is C11H18F3N3. The lowest BCUT2D eigenvalue weighted by Gasteiger charge is -2.38. The first kappa shape index (κ1) is 12.5. The summed E-state index contributed by atoms with van der Waals surface area (Å²) in [6, 6.07) is 0. The second-order valence-electron chi connectivity index (χ2n) is 4.79. The summed E-state index contributed by atoms with van der Waals surface area (Å²) in [5.41, 5.74) is -0.538. The number of halogens is 3. The van der Waals surface area contributed by atoms with E-state index in [1.54, 1.807) is 11.9 Å². The zero-order valence-corrected chi connectivity index (χ0v) is 10.1. The molecule has 17 heavy (non-hydrogen) atoms. The van der Waals surface area contributed by atoms with Gasteiger partial charge in [-0.1, -0.05) is 0 Å². The van der Waals surface area contributed by atoms with Gasteiger partial charge in [0.25, 0.3) is 0 Å². The summed E-state index contributed by atoms with van der Waals surface area (Å²) in [5, 5.41) is 3.23. The number of nitrogens with zero attached hydrogens (tertiary/aromatic N) is 2. The Kier molecular flexibility index (Phi) is 3.25. The van der Waals surface area contributed by atoms with E-state index >= 15 is 0 Å². The largest absolute Gasteiger partial charge is 0.432 e. The molecule has 1 unspecified atom stereocenters. The van der Waals surface area contributed by atoms with Crippen molar-refractivity contribution in [3.63, 3.8) is 0 Å². The van der Waals surface area contributed by atoms with E-state index in [2.05, 4.69) is 5.32 Å². The van der Waals surface area contributed by atoms with Crippen LogP contribution in [-0.4, -0.2) is 49.3 Å². The molecule has 0 saturated carbocycles. The monoisotopic (exact) mass is 249 g/mol. The molecule has 6 heteroatoms. The van der Waals surface area contributed by atoms with Gasteiger partial charge in [0.1, 0.15) is 11.9 Å². The Hall–Kier alpha value is -0.910. The first-order valence-electron chi connectivity index (χ1n) is 5.86. The minimum atomic E-state index is -4.26. The Labute approximate surface area is 99.3 Å². The van der Waals surface area contributed by atoms with E-state index in [-0.39, 0.29) is 6.17 Å². The summed E-state index contributed by atoms with van der Waals surface area (Å²) >= 11 is 0. The molecule has 0 aliphatic carbocycles. The quantitative estimate of drug-likeness (QED) is 0.761. The van der Waals surface area contributed by atoms with Gasteiger partial charge in [0, 0.05) is 26.2 Å². The Morgan fingerprint density at radius 2 is 1.82 bits per heavy atom. The van der Waals surface area contributed by atoms with Crippen molar-refractivity contribution in [2.45, 2.75) is 25.2 Å². The summed E-state index contributed by atoms with van der Waals surface area (Å²) in [6.07, 6.45) is -1.35. The zero-order chi connectivity index (χ0) is 12.6. The summed E-state index contributed by atoms with van der Waals surface area (Å²) in [6.45, 7) is 1.79. The van der Waals surface area contributed by atoms with Gasteiger partial charge in [-0.25, -0.2) is 0 Å². The number of alkyl halides is 3. The van der Waals surface area contributed by atoms with Crippen LogP contribution in [0.25, 0.3) is 0 Å². The van der Waals surface area contributed by atoms with Crippen molar-refractivity contribution in [3.05, 3.63) is 11.9 Å². The van der Waals surface area contributed by atoms with Gasteiger partial charge in [-0.2, -0.15) is 13.2 Å². The Morgan fingerprint density at radius 1 is 1.24 bits per heavy atom. The van der Waals surface area contributed by atoms with Gasteiger partial charge in [-0.05, 0) is 25.9 Å². The molecule has 0 aromatic heterocycles. The van der Waals surface area contributed by atoms with Gasteiger partial charge in [0.05, 0.1) is 0 Å². The molecule has 1 saturated heterocycles. The SMILES string of the molecule is CN1C=C(C(F)(F)F)N(C)C1C1CCNCC1. The normalized spacial score (nSPS) is 27.6. The smallest absolute Gasteiger partial charge is 0.358 e. The Bertz CT molecular complexity index is 308. The van der Waals surface area contributed by atoms with Crippen molar-refractivity contribution in [1.29, 1.82) is 0 Å². The van der Waals surface area contributed by atoms with E-state index in [9.17, 15) is 13.2 Å². The van der Waals surface area contributed by atoms with E-state index in [0.29, 0.717) is 5.92 Å². The average Bonchev–Trinajstić information content (AvgIpc) is 2.55. The van der Waals surface area contributed by atoms with Crippen LogP contribution in [0.3, 0.4) is 0 Å². The van der Waals surface area contributed by atoms with Crippen LogP contribution < -0.4 is 5.32 Å². The van der Waals surface area contributed by atoms with Crippen molar-refractivity contribution in [3.8, 4) is 0 Å². The van der Waals surface area contributed by atoms with E-state index < -0.39 is 11.9 Å². The van der Waals surface area contributed by atoms with E-state index in [0.717, 1.165) is 25.9 Å². The molecule has 0 aromatic rings. The minimum Gasteiger partial charge on any atom is -0.358 e. The zero-order valence-electron chi connectivity index (χ0n) is 10.1. The highest BCUT2D eigenvalue weighted by Gasteiger charge is 2.45. The van der Waals surface area contributed by atoms with Crippen molar-refractivity contribution in [1.82, 2.24) is 15.1 Å². The lowest BCUT2D eigenvalue weighted by atomic mass is 9.94. The Morgan fingerprint density at radius 3 is 2.29 bits per heavy atom. The summed E-state index contributed by atoms with van der Waals surface area (Å²) in [7, 11) is 3.26. The predicted molar refractivity (Wildman–Crippen MR) is 59.0 cm³/mol. The highest BCUT2D eigenvalue weighted by atomic mass is 19.4. The third kappa shape index (κ3) is 2.36. The second kappa shape index (κ2) is 4.40. The van der Waals surface area contributed by atoms with Crippen LogP contribution in [0.5, 0.6) is 0 Å². The van der Waals surface area contributed by atoms with Gasteiger partial charge in [-0.15, -0.1) is 0 Å². The number of piperidine rings is 1. The van der Waals surface area contributed by atoms with Crippen LogP contribution in [0.4, 0.5) is 13.2 Å². The van der Waals surface area contributed by atoms with Crippen LogP contribution in [0.1, 0.15) is 12.8 Å². The molecule has 0 bridgehead atoms. The molecule has 3 nitrogen and oxygen atoms in total. The third-order valence-electron chi connectivity index (χ3n) is 3.62. The van der Waals surface area contributed by atoms with Crippen LogP contribution in [0.2, 0.25) is 0 Å². The molecule has 0 radical (unpaired) electrons. The topological polar surface area (TPSA) is 18.5 Å². The molecule has 0 spiro atoms. The van der Waals surface area contributed by atoms with Crippen LogP contribution in [0, 0.1) is 5.92 Å². The first-order chi connectivity index (χ1) is 7.91. The lowest BCUT2D eigenvalue weighted by Crippen LogP contribution is -2.46. The number of hydrogen-bond donors (Lipinski definition) is 1. The Balaban J connectivity index is 2.12. The average molecular weight is 249 g/mol. The van der Waals surface area contributed by atoms with Crippen molar-refractivity contribution >= 4 is 0 Å². The van der Waals surface area contributed by atoms with E-state index in [1.165, 1.54) is 18.1 Å². The van der Waals surface area contributed by atoms with E-state index in [1.807, 2.05) is 0 Å². The van der Waals surface area contributed by atoms with Gasteiger partial charge < -0.3 is 15.1 Å². The first-order valence-corrected chi connectivity index (χ1v) is 5.86. The summed E-state index contributed by atoms with van der Waals surface area (Å²) in [5.74, 6) is 0.294. The molecular weight excluding hydrogens is 231 g/mol. The molecule has 2 aliphatic rings. The molecule has 1 atom stereocenters. The summed E-state index contributed by atoms with van der Waals surface area (Å²) in [4.78, 5) is 3.06. The van der Waals surface area contributed by atoms with Gasteiger partial charge in [-0.3, -0.25) is 0 Å². The maximum atomic E-state index is 12.8. The van der Waals surface area contributed by atoms with Gasteiger partial charge >= 0.3 is 6.18 Å². The second-order valence-corrected chi connectivity index (χ2v) is 4.79. The lowest BCUT2D eigenvalue weighted by molar-refractivity contribution is -0.112. The minimum absolute atomic E-state index is 0.159. The predicted octanol–water partition coefficient (Wildman–Crippen LogP) is 1.59. The fraction of sp³-hybridized carbons (Fsp3) is 0.818. The van der Waals surface area contributed by atoms with Crippen molar-refractivity contribution in [2.75, 3.05) is 27.2 Å². The van der Waals surface area contributed by atoms with Crippen LogP contribution >= 0.6 is 0 Å². The molecule has 2 rings (SSSR count). The molecule has 0 aromatic carbocycles. The van der Waals surface area contributed by atoms with Crippen LogP contribution in [0.15, 0.2) is 11.9 Å². The van der Waals surface area contributed by atoms with E-state index in [4.69, 9.17) is 0 Å². The highest BCUT2D eigenvalue weighted by molar-refractivity contribution is 5.14. The number of allylic oxidation sites excluding steroid dienone is 1. The fourth-order valence-corrected chi connectivity index (χ4v) is 2.84. The maximum absolute atomic E-state index is 12.8. The maximum Gasteiger partial charge on any atom is 0.432 e. The molecule has 98 valence electrons. The number of nitrogens with one attached hydrogen (secondary N) is 1. The van der Waals surface area contributed by atoms with Gasteiger partial charge in [0.2, 0.25) is 0 Å². The number of hydrogen-bond acceptors (Lipinski definition) is 3. The highest BCUT2D eigenvalue weighted by Crippen LogP contribution is 2.37. The molecule has 0 amide bonds. The summed E-state index contributed by atoms with van der Waals surface area (Å²) < 4.78 is 38.3. The molecule has 1 N–H and O–H groups in total. The fourth-order valence-electron chi connectivity index (χ4n) is 2.84. The van der Waals surface area contributed by atoms with Crippen LogP contribution in [-0.2, 0) is 0 Å². The van der Waals surface area contributed by atoms with Crippen molar-refractivity contribution in [2.24, 2.45) is 5.92 Å². The van der Waals surface area contributed by atoms with Crippen molar-refractivity contribution < 1.29 is 13.2 Å². The number of rotatable bonds is 1. The van der Waals surface area contributed by atoms with Gasteiger partial charge in [0.15, 0.2) is 0 Å². The standard InChI is InChI=1S/C11H18F3N3/c1-16-7-9(11(12,13)14)17(2)10(16)8-3-5-15-6-4-8/h7-8,10,15H,3-6H2,1-2H3.